The van der Waals surface area contributed by atoms with Crippen molar-refractivity contribution in [3.05, 3.63) is 0 Å². The quantitative estimate of drug-likeness (QED) is 0.550. The van der Waals surface area contributed by atoms with Crippen molar-refractivity contribution >= 4 is 36.2 Å². The van der Waals surface area contributed by atoms with E-state index in [0.29, 0.717) is 0 Å². The van der Waals surface area contributed by atoms with Crippen LogP contribution in [0.15, 0.2) is 0 Å². The van der Waals surface area contributed by atoms with Gasteiger partial charge in [0.15, 0.2) is 0 Å². The van der Waals surface area contributed by atoms with E-state index in [2.05, 4.69) is 16.5 Å². The van der Waals surface area contributed by atoms with Crippen LogP contribution in [0.2, 0.25) is 0 Å². The predicted octanol–water partition coefficient (Wildman–Crippen LogP) is 3.47. The molecule has 62 valence electrons. The summed E-state index contributed by atoms with van der Waals surface area (Å²) in [5.41, 5.74) is 0. The molecule has 0 nitrogen and oxygen atoms in total. The number of rotatable bonds is 4. The molecule has 0 N–H and O–H groups in total. The van der Waals surface area contributed by atoms with Gasteiger partial charge in [-0.2, -0.15) is 0 Å². The predicted molar refractivity (Wildman–Crippen MR) is 54.0 cm³/mol. The van der Waals surface area contributed by atoms with E-state index in [4.69, 9.17) is 17.2 Å². The number of hydrogen-bond donors (Lipinski definition) is 0. The standard InChI is InChI=1S/C8H13.2ClH.In/c1-3-5-7-8-6-4-2;;;/h3,5-8H2,1H3;2*1H;/q;;;+2/p-2. The molecule has 0 aromatic carbocycles. The summed E-state index contributed by atoms with van der Waals surface area (Å²) < 4.78 is 2.91. The first kappa shape index (κ1) is 12.0. The van der Waals surface area contributed by atoms with Gasteiger partial charge < -0.3 is 0 Å². The second-order valence-electron chi connectivity index (χ2n) is 2.43. The summed E-state index contributed by atoms with van der Waals surface area (Å²) in [6.07, 6.45) is 6.06. The Morgan fingerprint density at radius 2 is 1.91 bits per heavy atom. The molecular formula is C8H13Cl2In. The molecule has 0 bridgehead atoms. The molecule has 0 unspecified atom stereocenters. The fraction of sp³-hybridized carbons (Fsp3) is 0.750. The van der Waals surface area contributed by atoms with Gasteiger partial charge in [-0.05, 0) is 0 Å². The molecule has 0 aromatic rings. The maximum absolute atomic E-state index is 5.62. The summed E-state index contributed by atoms with van der Waals surface area (Å²) in [7, 11) is 11.2. The summed E-state index contributed by atoms with van der Waals surface area (Å²) in [6, 6.07) is 0. The molecular weight excluding hydrogens is 282 g/mol. The van der Waals surface area contributed by atoms with Crippen molar-refractivity contribution in [2.45, 2.75) is 39.0 Å². The Labute approximate surface area is 84.3 Å². The van der Waals surface area contributed by atoms with Gasteiger partial charge in [0.25, 0.3) is 0 Å². The first-order valence-electron chi connectivity index (χ1n) is 4.04. The van der Waals surface area contributed by atoms with Crippen molar-refractivity contribution in [3.63, 3.8) is 0 Å². The summed E-state index contributed by atoms with van der Waals surface area (Å²) in [6.45, 7) is 2.20. The molecule has 0 fully saturated rings. The van der Waals surface area contributed by atoms with E-state index in [9.17, 15) is 0 Å². The minimum atomic E-state index is -2.23. The van der Waals surface area contributed by atoms with E-state index >= 15 is 0 Å². The van der Waals surface area contributed by atoms with Crippen molar-refractivity contribution in [1.29, 1.82) is 0 Å². The Balaban J connectivity index is 3.09. The van der Waals surface area contributed by atoms with Crippen LogP contribution in [0.5, 0.6) is 0 Å². The van der Waals surface area contributed by atoms with Crippen LogP contribution in [0, 0.1) is 9.60 Å². The minimum absolute atomic E-state index is 0.979. The monoisotopic (exact) mass is 294 g/mol. The summed E-state index contributed by atoms with van der Waals surface area (Å²) in [5.74, 6) is 3.02. The first-order chi connectivity index (χ1) is 5.27. The normalized spacial score (nSPS) is 8.64. The van der Waals surface area contributed by atoms with Gasteiger partial charge in [-0.3, -0.25) is 0 Å². The van der Waals surface area contributed by atoms with Gasteiger partial charge in [-0.1, -0.05) is 0 Å². The van der Waals surface area contributed by atoms with Crippen LogP contribution in [-0.4, -0.2) is 19.1 Å². The Morgan fingerprint density at radius 3 is 2.45 bits per heavy atom. The van der Waals surface area contributed by atoms with Gasteiger partial charge in [0.1, 0.15) is 0 Å². The second-order valence-corrected chi connectivity index (χ2v) is 12.3. The van der Waals surface area contributed by atoms with Crippen LogP contribution in [0.3, 0.4) is 0 Å². The zero-order valence-electron chi connectivity index (χ0n) is 6.87. The van der Waals surface area contributed by atoms with E-state index < -0.39 is 19.1 Å². The Morgan fingerprint density at radius 1 is 1.18 bits per heavy atom. The Kier molecular flexibility index (Phi) is 9.94. The Hall–Kier alpha value is 1.01. The molecule has 0 amide bonds. The van der Waals surface area contributed by atoms with E-state index in [0.717, 1.165) is 6.42 Å². The molecule has 0 aliphatic heterocycles. The summed E-state index contributed by atoms with van der Waals surface area (Å²) >= 11 is -2.23. The van der Waals surface area contributed by atoms with Crippen LogP contribution in [0.1, 0.15) is 39.0 Å². The molecule has 0 aliphatic rings. The number of unbranched alkanes of at least 4 members (excludes halogenated alkanes) is 4. The molecule has 3 heteroatoms. The maximum atomic E-state index is 5.62. The zero-order chi connectivity index (χ0) is 8.53. The average molecular weight is 295 g/mol. The van der Waals surface area contributed by atoms with E-state index in [-0.39, 0.29) is 0 Å². The van der Waals surface area contributed by atoms with Gasteiger partial charge in [0.2, 0.25) is 0 Å². The van der Waals surface area contributed by atoms with E-state index in [1.165, 1.54) is 25.7 Å². The molecule has 0 saturated carbocycles. The van der Waals surface area contributed by atoms with Gasteiger partial charge in [0.05, 0.1) is 0 Å². The van der Waals surface area contributed by atoms with Crippen LogP contribution in [0.25, 0.3) is 0 Å². The van der Waals surface area contributed by atoms with Crippen LogP contribution in [0.4, 0.5) is 0 Å². The third kappa shape index (κ3) is 11.0. The summed E-state index contributed by atoms with van der Waals surface area (Å²) in [4.78, 5) is 0. The van der Waals surface area contributed by atoms with Crippen molar-refractivity contribution in [1.82, 2.24) is 0 Å². The molecule has 11 heavy (non-hydrogen) atoms. The van der Waals surface area contributed by atoms with Crippen molar-refractivity contribution in [3.8, 4) is 9.60 Å². The van der Waals surface area contributed by atoms with E-state index in [1.807, 2.05) is 0 Å². The SMILES string of the molecule is CCCCCCC#[C][In]([Cl])[Cl]. The number of halogens is 2. The van der Waals surface area contributed by atoms with Crippen LogP contribution >= 0.6 is 17.2 Å². The van der Waals surface area contributed by atoms with Crippen LogP contribution < -0.4 is 0 Å². The molecule has 0 aromatic heterocycles. The van der Waals surface area contributed by atoms with Gasteiger partial charge >= 0.3 is 84.9 Å². The zero-order valence-corrected chi connectivity index (χ0v) is 11.7. The molecule has 0 saturated heterocycles. The van der Waals surface area contributed by atoms with E-state index in [1.54, 1.807) is 0 Å². The van der Waals surface area contributed by atoms with Crippen LogP contribution in [-0.2, 0) is 0 Å². The average Bonchev–Trinajstić information content (AvgIpc) is 1.96. The third-order valence-electron chi connectivity index (χ3n) is 1.37. The van der Waals surface area contributed by atoms with Crippen molar-refractivity contribution in [2.24, 2.45) is 0 Å². The fourth-order valence-corrected chi connectivity index (χ4v) is 2.68. The van der Waals surface area contributed by atoms with Gasteiger partial charge in [0, 0.05) is 0 Å². The van der Waals surface area contributed by atoms with Crippen molar-refractivity contribution in [2.75, 3.05) is 0 Å². The first-order valence-corrected chi connectivity index (χ1v) is 14.0. The molecule has 0 spiro atoms. The van der Waals surface area contributed by atoms with Crippen molar-refractivity contribution < 1.29 is 0 Å². The summed E-state index contributed by atoms with van der Waals surface area (Å²) in [5, 5.41) is 0. The topological polar surface area (TPSA) is 0 Å². The molecule has 0 rings (SSSR count). The van der Waals surface area contributed by atoms with Gasteiger partial charge in [-0.25, -0.2) is 0 Å². The second kappa shape index (κ2) is 9.10. The molecule has 0 radical (unpaired) electrons. The molecule has 0 atom stereocenters. The molecule has 0 aliphatic carbocycles. The van der Waals surface area contributed by atoms with Gasteiger partial charge in [-0.15, -0.1) is 0 Å². The fourth-order valence-electron chi connectivity index (χ4n) is 0.789. The third-order valence-corrected chi connectivity index (χ3v) is 4.04. The molecule has 0 heterocycles. The Bertz CT molecular complexity index is 135. The number of hydrogen-bond acceptors (Lipinski definition) is 0.